The lowest BCUT2D eigenvalue weighted by molar-refractivity contribution is 0.590. The van der Waals surface area contributed by atoms with Gasteiger partial charge >= 0.3 is 0 Å². The van der Waals surface area contributed by atoms with E-state index in [0.29, 0.717) is 0 Å². The molecule has 0 saturated carbocycles. The van der Waals surface area contributed by atoms with E-state index in [9.17, 15) is 0 Å². The van der Waals surface area contributed by atoms with Crippen LogP contribution in [0.15, 0.2) is 243 Å². The number of hydrogen-bond donors (Lipinski definition) is 0. The fourth-order valence-corrected chi connectivity index (χ4v) is 11.5. The maximum absolute atomic E-state index is 2.53. The van der Waals surface area contributed by atoms with Crippen molar-refractivity contribution in [2.45, 2.75) is 52.4 Å². The number of rotatable bonds is 8. The molecule has 0 N–H and O–H groups in total. The summed E-state index contributed by atoms with van der Waals surface area (Å²) in [6.45, 7) is 13.9. The lowest BCUT2D eigenvalue weighted by Crippen LogP contribution is -2.12. The minimum absolute atomic E-state index is 0.0207. The van der Waals surface area contributed by atoms with E-state index in [0.717, 1.165) is 28.2 Å². The summed E-state index contributed by atoms with van der Waals surface area (Å²) in [7, 11) is 0. The summed E-state index contributed by atoms with van der Waals surface area (Å²) < 4.78 is 2.53. The highest BCUT2D eigenvalue weighted by Crippen LogP contribution is 2.48. The van der Waals surface area contributed by atoms with Crippen molar-refractivity contribution in [3.63, 3.8) is 0 Å². The smallest absolute Gasteiger partial charge is 0.0541 e. The van der Waals surface area contributed by atoms with Crippen LogP contribution in [0.25, 0.3) is 104 Å². The third kappa shape index (κ3) is 7.72. The molecule has 0 unspecified atom stereocenters. The molecule has 13 aromatic rings. The first-order valence-corrected chi connectivity index (χ1v) is 26.1. The molecule has 0 bridgehead atoms. The van der Waals surface area contributed by atoms with Gasteiger partial charge in [-0.15, -0.1) is 0 Å². The zero-order chi connectivity index (χ0) is 50.3. The molecule has 1 aromatic heterocycles. The molecule has 74 heavy (non-hydrogen) atoms. The Labute approximate surface area is 434 Å². The Kier molecular flexibility index (Phi) is 10.7. The van der Waals surface area contributed by atoms with Crippen LogP contribution in [0.5, 0.6) is 0 Å². The van der Waals surface area contributed by atoms with Crippen molar-refractivity contribution in [3.8, 4) is 50.2 Å². The van der Waals surface area contributed by atoms with Crippen molar-refractivity contribution in [2.24, 2.45) is 0 Å². The van der Waals surface area contributed by atoms with Crippen molar-refractivity contribution in [3.05, 3.63) is 254 Å². The summed E-state index contributed by atoms with van der Waals surface area (Å²) in [5, 5.41) is 10.1. The van der Waals surface area contributed by atoms with E-state index in [2.05, 4.69) is 294 Å². The molecule has 1 heterocycles. The van der Waals surface area contributed by atoms with E-state index in [4.69, 9.17) is 0 Å². The fourth-order valence-electron chi connectivity index (χ4n) is 11.5. The summed E-state index contributed by atoms with van der Waals surface area (Å²) in [5.41, 5.74) is 19.2. The average Bonchev–Trinajstić information content (AvgIpc) is 3.76. The normalized spacial score (nSPS) is 12.2. The predicted octanol–water partition coefficient (Wildman–Crippen LogP) is 20.4. The maximum atomic E-state index is 2.53. The monoisotopic (exact) mass is 950 g/mol. The van der Waals surface area contributed by atoms with E-state index >= 15 is 0 Å². The minimum Gasteiger partial charge on any atom is -0.309 e. The number of para-hydroxylation sites is 1. The van der Waals surface area contributed by atoms with E-state index in [-0.39, 0.29) is 10.8 Å². The zero-order valence-electron chi connectivity index (χ0n) is 43.0. The summed E-state index contributed by atoms with van der Waals surface area (Å²) in [6, 6.07) is 90.3. The number of fused-ring (bicyclic) bond motifs is 3. The molecule has 0 atom stereocenters. The van der Waals surface area contributed by atoms with Crippen molar-refractivity contribution in [1.29, 1.82) is 0 Å². The Morgan fingerprint density at radius 1 is 0.311 bits per heavy atom. The SMILES string of the molecule is CC(C)(C)c1ccc2c(c1)c1cc(C(C)(C)C)ccc1n2-c1ccc2ccc3c(N(c4ccc(-c5cccc(-c6ccccc6)c5)cc4)c4ccccc4-c4ccc(-c5ccccc5)cc4)ccc4ccc1c2c43. The Morgan fingerprint density at radius 3 is 1.38 bits per heavy atom. The number of aromatic nitrogens is 1. The highest BCUT2D eigenvalue weighted by molar-refractivity contribution is 6.27. The van der Waals surface area contributed by atoms with Gasteiger partial charge in [0.05, 0.1) is 28.1 Å². The van der Waals surface area contributed by atoms with Gasteiger partial charge in [-0.05, 0) is 143 Å². The second kappa shape index (κ2) is 17.5. The van der Waals surface area contributed by atoms with Crippen molar-refractivity contribution >= 4 is 71.2 Å². The van der Waals surface area contributed by atoms with Crippen LogP contribution in [0.2, 0.25) is 0 Å². The summed E-state index contributed by atoms with van der Waals surface area (Å²) in [6.07, 6.45) is 0. The molecule has 12 aromatic carbocycles. The van der Waals surface area contributed by atoms with Crippen LogP contribution in [-0.4, -0.2) is 4.57 Å². The Hall–Kier alpha value is -8.72. The highest BCUT2D eigenvalue weighted by atomic mass is 15.1. The molecule has 0 amide bonds. The Morgan fingerprint density at radius 2 is 0.770 bits per heavy atom. The van der Waals surface area contributed by atoms with E-state index in [1.807, 2.05) is 0 Å². The molecule has 2 heteroatoms. The number of nitrogens with zero attached hydrogens (tertiary/aromatic N) is 2. The van der Waals surface area contributed by atoms with Crippen LogP contribution in [0, 0.1) is 0 Å². The molecule has 2 nitrogen and oxygen atoms in total. The van der Waals surface area contributed by atoms with Gasteiger partial charge in [0.2, 0.25) is 0 Å². The van der Waals surface area contributed by atoms with Gasteiger partial charge < -0.3 is 9.47 Å². The molecule has 0 saturated heterocycles. The number of benzene rings is 12. The highest BCUT2D eigenvalue weighted by Gasteiger charge is 2.25. The van der Waals surface area contributed by atoms with Gasteiger partial charge in [-0.3, -0.25) is 0 Å². The Balaban J connectivity index is 1.01. The lowest BCUT2D eigenvalue weighted by atomic mass is 9.85. The molecule has 13 rings (SSSR count). The van der Waals surface area contributed by atoms with Crippen LogP contribution < -0.4 is 4.90 Å². The first-order chi connectivity index (χ1) is 36.0. The lowest BCUT2D eigenvalue weighted by Gasteiger charge is -2.30. The van der Waals surface area contributed by atoms with Gasteiger partial charge in [0.15, 0.2) is 0 Å². The molecule has 0 radical (unpaired) electrons. The standard InChI is InChI=1S/C72H58N2/c1-71(2,3)56-34-42-67-62(45-56)63-46-57(72(4,5)6)35-43-68(63)74(67)66-41-33-53-30-38-60-65(40-32-52-31-39-61(66)70(53)69(52)60)73(58-36-28-50(29-37-58)55-21-15-20-54(44-55)48-18-11-8-12-19-48)64-23-14-13-22-59(64)51-26-24-49(25-27-51)47-16-9-7-10-17-47/h7-46H,1-6H3. The number of anilines is 3. The Bertz CT molecular complexity index is 4150. The first-order valence-electron chi connectivity index (χ1n) is 26.1. The van der Waals surface area contributed by atoms with Gasteiger partial charge in [0, 0.05) is 32.8 Å². The summed E-state index contributed by atoms with van der Waals surface area (Å²) in [5.74, 6) is 0. The van der Waals surface area contributed by atoms with Crippen LogP contribution in [0.4, 0.5) is 17.1 Å². The van der Waals surface area contributed by atoms with E-state index in [1.165, 1.54) is 104 Å². The third-order valence-electron chi connectivity index (χ3n) is 15.5. The van der Waals surface area contributed by atoms with E-state index < -0.39 is 0 Å². The van der Waals surface area contributed by atoms with Crippen molar-refractivity contribution in [2.75, 3.05) is 4.90 Å². The van der Waals surface area contributed by atoms with Crippen LogP contribution in [-0.2, 0) is 10.8 Å². The van der Waals surface area contributed by atoms with E-state index in [1.54, 1.807) is 0 Å². The van der Waals surface area contributed by atoms with Crippen molar-refractivity contribution in [1.82, 2.24) is 4.57 Å². The van der Waals surface area contributed by atoms with Gasteiger partial charge in [-0.2, -0.15) is 0 Å². The molecule has 0 aliphatic carbocycles. The maximum Gasteiger partial charge on any atom is 0.0541 e. The quantitative estimate of drug-likeness (QED) is 0.138. The minimum atomic E-state index is 0.0207. The molecule has 0 fully saturated rings. The summed E-state index contributed by atoms with van der Waals surface area (Å²) >= 11 is 0. The topological polar surface area (TPSA) is 8.17 Å². The zero-order valence-corrected chi connectivity index (χ0v) is 43.0. The molecule has 0 spiro atoms. The second-order valence-electron chi connectivity index (χ2n) is 22.2. The van der Waals surface area contributed by atoms with Crippen LogP contribution in [0.1, 0.15) is 52.7 Å². The van der Waals surface area contributed by atoms with Gasteiger partial charge in [-0.25, -0.2) is 0 Å². The van der Waals surface area contributed by atoms with Gasteiger partial charge in [-0.1, -0.05) is 224 Å². The predicted molar refractivity (Wildman–Crippen MR) is 318 cm³/mol. The summed E-state index contributed by atoms with van der Waals surface area (Å²) in [4.78, 5) is 2.49. The van der Waals surface area contributed by atoms with Crippen molar-refractivity contribution < 1.29 is 0 Å². The second-order valence-corrected chi connectivity index (χ2v) is 22.2. The largest absolute Gasteiger partial charge is 0.309 e. The molecule has 356 valence electrons. The first kappa shape index (κ1) is 45.2. The molecule has 0 aliphatic rings. The fraction of sp³-hybridized carbons (Fsp3) is 0.111. The third-order valence-corrected chi connectivity index (χ3v) is 15.5. The van der Waals surface area contributed by atoms with Gasteiger partial charge in [0.25, 0.3) is 0 Å². The molecular formula is C72H58N2. The van der Waals surface area contributed by atoms with Gasteiger partial charge in [0.1, 0.15) is 0 Å². The molecule has 0 aliphatic heterocycles. The number of hydrogen-bond acceptors (Lipinski definition) is 1. The average molecular weight is 951 g/mol. The van der Waals surface area contributed by atoms with Crippen LogP contribution >= 0.6 is 0 Å². The molecular weight excluding hydrogens is 893 g/mol. The van der Waals surface area contributed by atoms with Crippen LogP contribution in [0.3, 0.4) is 0 Å².